The lowest BCUT2D eigenvalue weighted by molar-refractivity contribution is 0.237. The Balaban J connectivity index is 1.62. The van der Waals surface area contributed by atoms with Gasteiger partial charge in [-0.3, -0.25) is 9.69 Å². The summed E-state index contributed by atoms with van der Waals surface area (Å²) in [7, 11) is 0. The van der Waals surface area contributed by atoms with Crippen molar-refractivity contribution in [1.29, 1.82) is 5.26 Å². The quantitative estimate of drug-likeness (QED) is 0.334. The van der Waals surface area contributed by atoms with Gasteiger partial charge >= 0.3 is 0 Å². The second kappa shape index (κ2) is 14.7. The van der Waals surface area contributed by atoms with Gasteiger partial charge in [-0.1, -0.05) is 26.0 Å². The normalized spacial score (nSPS) is 10.9. The Labute approximate surface area is 190 Å². The molecule has 31 heavy (non-hydrogen) atoms. The van der Waals surface area contributed by atoms with Gasteiger partial charge in [-0.25, -0.2) is 0 Å². The molecule has 0 radical (unpaired) electrons. The molecule has 1 heterocycles. The maximum atomic E-state index is 12.3. The van der Waals surface area contributed by atoms with Crippen molar-refractivity contribution in [2.24, 2.45) is 0 Å². The number of hydrogen-bond acceptors (Lipinski definition) is 6. The molecule has 0 unspecified atom stereocenters. The Morgan fingerprint density at radius 2 is 1.94 bits per heavy atom. The molecular weight excluding hydrogens is 408 g/mol. The summed E-state index contributed by atoms with van der Waals surface area (Å²) < 4.78 is 11.3. The van der Waals surface area contributed by atoms with Crippen molar-refractivity contribution < 1.29 is 9.15 Å². The van der Waals surface area contributed by atoms with Gasteiger partial charge in [0.1, 0.15) is 12.0 Å². The van der Waals surface area contributed by atoms with Crippen LogP contribution in [-0.2, 0) is 12.3 Å². The van der Waals surface area contributed by atoms with E-state index in [0.717, 1.165) is 56.7 Å². The average Bonchev–Trinajstić information content (AvgIpc) is 2.77. The van der Waals surface area contributed by atoms with E-state index in [4.69, 9.17) is 14.4 Å². The van der Waals surface area contributed by atoms with E-state index >= 15 is 0 Å². The van der Waals surface area contributed by atoms with Gasteiger partial charge in [0.05, 0.1) is 24.8 Å². The van der Waals surface area contributed by atoms with Crippen LogP contribution in [0.15, 0.2) is 45.8 Å². The van der Waals surface area contributed by atoms with Gasteiger partial charge in [0.15, 0.2) is 0 Å². The van der Waals surface area contributed by atoms with Crippen molar-refractivity contribution in [2.45, 2.75) is 58.2 Å². The minimum absolute atomic E-state index is 0.107. The monoisotopic (exact) mass is 442 g/mol. The molecule has 1 aromatic carbocycles. The van der Waals surface area contributed by atoms with E-state index in [1.807, 2.05) is 30.0 Å². The molecule has 0 N–H and O–H groups in total. The molecule has 0 atom stereocenters. The Morgan fingerprint density at radius 1 is 1.13 bits per heavy atom. The Bertz CT molecular complexity index is 870. The maximum absolute atomic E-state index is 12.3. The van der Waals surface area contributed by atoms with Gasteiger partial charge in [-0.05, 0) is 68.6 Å². The maximum Gasteiger partial charge on any atom is 0.227 e. The minimum atomic E-state index is -0.107. The lowest BCUT2D eigenvalue weighted by Gasteiger charge is -2.19. The van der Waals surface area contributed by atoms with Gasteiger partial charge in [0, 0.05) is 11.8 Å². The number of benzene rings is 1. The van der Waals surface area contributed by atoms with Gasteiger partial charge in [0.2, 0.25) is 11.2 Å². The van der Waals surface area contributed by atoms with Crippen LogP contribution in [0.2, 0.25) is 0 Å². The second-order valence-corrected chi connectivity index (χ2v) is 8.73. The first-order chi connectivity index (χ1) is 15.2. The molecule has 0 aliphatic carbocycles. The Kier molecular flexibility index (Phi) is 11.9. The lowest BCUT2D eigenvalue weighted by Crippen LogP contribution is -2.25. The fourth-order valence-corrected chi connectivity index (χ4v) is 4.30. The second-order valence-electron chi connectivity index (χ2n) is 7.62. The first-order valence-corrected chi connectivity index (χ1v) is 12.3. The zero-order valence-corrected chi connectivity index (χ0v) is 19.6. The molecule has 168 valence electrons. The third-order valence-electron chi connectivity index (χ3n) is 4.83. The highest BCUT2D eigenvalue weighted by molar-refractivity contribution is 7.98. The van der Waals surface area contributed by atoms with E-state index in [-0.39, 0.29) is 5.43 Å². The molecular formula is C25H34N2O3S. The van der Waals surface area contributed by atoms with Crippen LogP contribution in [0.25, 0.3) is 0 Å². The van der Waals surface area contributed by atoms with E-state index < -0.39 is 0 Å². The minimum Gasteiger partial charge on any atom is -0.487 e. The smallest absolute Gasteiger partial charge is 0.227 e. The highest BCUT2D eigenvalue weighted by atomic mass is 32.2. The summed E-state index contributed by atoms with van der Waals surface area (Å²) in [6, 6.07) is 11.5. The summed E-state index contributed by atoms with van der Waals surface area (Å²) in [6.45, 7) is 7.50. The summed E-state index contributed by atoms with van der Waals surface area (Å²) in [4.78, 5) is 14.6. The predicted molar refractivity (Wildman–Crippen MR) is 128 cm³/mol. The predicted octanol–water partition coefficient (Wildman–Crippen LogP) is 5.62. The molecule has 0 aliphatic rings. The molecule has 6 heteroatoms. The highest BCUT2D eigenvalue weighted by Crippen LogP contribution is 2.16. The number of ether oxygens (including phenoxy) is 1. The Hall–Kier alpha value is -2.23. The average molecular weight is 443 g/mol. The van der Waals surface area contributed by atoms with E-state index in [1.54, 1.807) is 6.07 Å². The van der Waals surface area contributed by atoms with Crippen molar-refractivity contribution >= 4 is 11.8 Å². The topological polar surface area (TPSA) is 66.5 Å². The fraction of sp³-hybridized carbons (Fsp3) is 0.520. The number of unbranched alkanes of at least 4 members (excludes halogenated alkanes) is 2. The summed E-state index contributed by atoms with van der Waals surface area (Å²) in [6.07, 6.45) is 6.68. The van der Waals surface area contributed by atoms with Crippen molar-refractivity contribution in [2.75, 3.05) is 25.4 Å². The van der Waals surface area contributed by atoms with E-state index in [9.17, 15) is 4.79 Å². The van der Waals surface area contributed by atoms with Crippen LogP contribution < -0.4 is 10.2 Å². The summed E-state index contributed by atoms with van der Waals surface area (Å²) in [5.74, 6) is 2.98. The fourth-order valence-electron chi connectivity index (χ4n) is 3.34. The molecule has 0 spiro atoms. The van der Waals surface area contributed by atoms with E-state index in [0.29, 0.717) is 30.2 Å². The van der Waals surface area contributed by atoms with Crippen LogP contribution in [-0.4, -0.2) is 30.3 Å². The van der Waals surface area contributed by atoms with E-state index in [2.05, 4.69) is 30.9 Å². The van der Waals surface area contributed by atoms with Crippen LogP contribution >= 0.6 is 11.8 Å². The first kappa shape index (κ1) is 25.0. The van der Waals surface area contributed by atoms with Gasteiger partial charge in [-0.2, -0.15) is 17.0 Å². The standard InChI is InChI=1S/C25H34N2O3S/c1-3-11-27(12-4-2)18-23-16-24(28)25(19-30-23)29-13-6-5-7-14-31-20-22-10-8-9-21(15-22)17-26/h8-10,15-16,19H,3-7,11-14,18,20H2,1-2H3. The number of thioether (sulfide) groups is 1. The molecule has 1 aromatic heterocycles. The van der Waals surface area contributed by atoms with Gasteiger partial charge in [0.25, 0.3) is 0 Å². The number of rotatable bonds is 15. The molecule has 0 saturated heterocycles. The molecule has 0 fully saturated rings. The van der Waals surface area contributed by atoms with Crippen molar-refractivity contribution in [3.05, 3.63) is 63.7 Å². The summed E-state index contributed by atoms with van der Waals surface area (Å²) in [5, 5.41) is 8.95. The van der Waals surface area contributed by atoms with Crippen LogP contribution in [0.3, 0.4) is 0 Å². The zero-order chi connectivity index (χ0) is 22.3. The number of nitriles is 1. The molecule has 0 bridgehead atoms. The van der Waals surface area contributed by atoms with Crippen molar-refractivity contribution in [1.82, 2.24) is 4.90 Å². The van der Waals surface area contributed by atoms with Crippen LogP contribution in [0, 0.1) is 11.3 Å². The molecule has 0 aliphatic heterocycles. The molecule has 2 rings (SSSR count). The molecule has 0 saturated carbocycles. The molecule has 2 aromatic rings. The lowest BCUT2D eigenvalue weighted by atomic mass is 10.2. The largest absolute Gasteiger partial charge is 0.487 e. The van der Waals surface area contributed by atoms with Crippen LogP contribution in [0.5, 0.6) is 5.75 Å². The van der Waals surface area contributed by atoms with Gasteiger partial charge in [-0.15, -0.1) is 0 Å². The third kappa shape index (κ3) is 9.63. The van der Waals surface area contributed by atoms with Crippen LogP contribution in [0.1, 0.15) is 62.8 Å². The van der Waals surface area contributed by atoms with Crippen molar-refractivity contribution in [3.63, 3.8) is 0 Å². The van der Waals surface area contributed by atoms with Gasteiger partial charge < -0.3 is 9.15 Å². The van der Waals surface area contributed by atoms with Crippen LogP contribution in [0.4, 0.5) is 0 Å². The van der Waals surface area contributed by atoms with Crippen molar-refractivity contribution in [3.8, 4) is 11.8 Å². The SMILES string of the molecule is CCCN(CCC)Cc1cc(=O)c(OCCCCCSCc2cccc(C#N)c2)co1. The third-order valence-corrected chi connectivity index (χ3v) is 5.94. The summed E-state index contributed by atoms with van der Waals surface area (Å²) >= 11 is 1.88. The molecule has 0 amide bonds. The summed E-state index contributed by atoms with van der Waals surface area (Å²) in [5.41, 5.74) is 1.80. The number of hydrogen-bond donors (Lipinski definition) is 0. The highest BCUT2D eigenvalue weighted by Gasteiger charge is 2.09. The zero-order valence-electron chi connectivity index (χ0n) is 18.8. The molecule has 5 nitrogen and oxygen atoms in total. The Morgan fingerprint density at radius 3 is 2.65 bits per heavy atom. The van der Waals surface area contributed by atoms with E-state index in [1.165, 1.54) is 11.8 Å². The number of nitrogens with zero attached hydrogens (tertiary/aromatic N) is 2. The first-order valence-electron chi connectivity index (χ1n) is 11.2.